The quantitative estimate of drug-likeness (QED) is 0.629. The van der Waals surface area contributed by atoms with Crippen LogP contribution in [0.4, 0.5) is 0 Å². The molecule has 0 saturated carbocycles. The second kappa shape index (κ2) is 5.65. The number of esters is 1. The summed E-state index contributed by atoms with van der Waals surface area (Å²) in [7, 11) is 1.55. The molecule has 0 aromatic heterocycles. The van der Waals surface area contributed by atoms with Crippen LogP contribution in [-0.2, 0) is 9.53 Å². The van der Waals surface area contributed by atoms with E-state index in [4.69, 9.17) is 9.47 Å². The van der Waals surface area contributed by atoms with Crippen LogP contribution >= 0.6 is 11.8 Å². The number of ketones is 1. The Morgan fingerprint density at radius 3 is 2.79 bits per heavy atom. The van der Waals surface area contributed by atoms with Crippen molar-refractivity contribution in [3.05, 3.63) is 23.8 Å². The van der Waals surface area contributed by atoms with E-state index in [-0.39, 0.29) is 17.6 Å². The molecule has 1 heterocycles. The van der Waals surface area contributed by atoms with Gasteiger partial charge in [-0.3, -0.25) is 9.59 Å². The van der Waals surface area contributed by atoms with Gasteiger partial charge in [-0.15, -0.1) is 11.8 Å². The van der Waals surface area contributed by atoms with Gasteiger partial charge in [0.1, 0.15) is 11.7 Å². The van der Waals surface area contributed by atoms with Crippen molar-refractivity contribution in [3.8, 4) is 5.75 Å². The molecule has 2 atom stereocenters. The molecule has 0 amide bonds. The van der Waals surface area contributed by atoms with Gasteiger partial charge in [-0.2, -0.15) is 0 Å². The van der Waals surface area contributed by atoms with E-state index in [1.54, 1.807) is 20.1 Å². The zero-order valence-electron chi connectivity index (χ0n) is 11.1. The molecule has 2 unspecified atom stereocenters. The highest BCUT2D eigenvalue weighted by molar-refractivity contribution is 8.00. The Labute approximate surface area is 116 Å². The monoisotopic (exact) mass is 280 g/mol. The summed E-state index contributed by atoms with van der Waals surface area (Å²) in [5.74, 6) is -0.742. The third kappa shape index (κ3) is 2.61. The molecule has 102 valence electrons. The number of carbonyl (C=O) groups is 2. The molecule has 2 rings (SSSR count). The second-order valence-corrected chi connectivity index (χ2v) is 5.70. The molecular formula is C14H16O4S. The van der Waals surface area contributed by atoms with Crippen LogP contribution in [0.5, 0.6) is 5.75 Å². The molecule has 4 nitrogen and oxygen atoms in total. The van der Waals surface area contributed by atoms with Crippen molar-refractivity contribution in [1.82, 2.24) is 0 Å². The van der Waals surface area contributed by atoms with Crippen molar-refractivity contribution in [2.24, 2.45) is 5.92 Å². The third-order valence-corrected chi connectivity index (χ3v) is 4.31. The summed E-state index contributed by atoms with van der Waals surface area (Å²) in [6.45, 7) is 3.89. The van der Waals surface area contributed by atoms with Gasteiger partial charge in [0, 0.05) is 15.7 Å². The SMILES string of the molecule is CCOC(=O)C1C(=O)c2cc(OC)ccc2SC1C. The molecule has 5 heteroatoms. The number of benzene rings is 1. The highest BCUT2D eigenvalue weighted by atomic mass is 32.2. The number of thioether (sulfide) groups is 1. The van der Waals surface area contributed by atoms with Crippen LogP contribution in [0.25, 0.3) is 0 Å². The topological polar surface area (TPSA) is 52.6 Å². The Kier molecular flexibility index (Phi) is 4.14. The number of carbonyl (C=O) groups excluding carboxylic acids is 2. The number of fused-ring (bicyclic) bond motifs is 1. The fourth-order valence-electron chi connectivity index (χ4n) is 2.11. The van der Waals surface area contributed by atoms with Gasteiger partial charge >= 0.3 is 5.97 Å². The van der Waals surface area contributed by atoms with E-state index in [2.05, 4.69) is 0 Å². The summed E-state index contributed by atoms with van der Waals surface area (Å²) in [6.07, 6.45) is 0. The normalized spacial score (nSPS) is 21.7. The van der Waals surface area contributed by atoms with Gasteiger partial charge in [0.15, 0.2) is 5.78 Å². The first-order valence-electron chi connectivity index (χ1n) is 6.14. The number of methoxy groups -OCH3 is 1. The minimum Gasteiger partial charge on any atom is -0.497 e. The van der Waals surface area contributed by atoms with Gasteiger partial charge in [-0.25, -0.2) is 0 Å². The van der Waals surface area contributed by atoms with Crippen LogP contribution < -0.4 is 4.74 Å². The van der Waals surface area contributed by atoms with E-state index in [0.717, 1.165) is 4.90 Å². The largest absolute Gasteiger partial charge is 0.497 e. The van der Waals surface area contributed by atoms with Crippen molar-refractivity contribution < 1.29 is 19.1 Å². The van der Waals surface area contributed by atoms with Crippen molar-refractivity contribution in [3.63, 3.8) is 0 Å². The minimum atomic E-state index is -0.732. The zero-order chi connectivity index (χ0) is 14.0. The van der Waals surface area contributed by atoms with E-state index in [1.807, 2.05) is 19.1 Å². The van der Waals surface area contributed by atoms with Crippen molar-refractivity contribution in [2.45, 2.75) is 24.0 Å². The Balaban J connectivity index is 2.37. The highest BCUT2D eigenvalue weighted by Crippen LogP contribution is 2.40. The summed E-state index contributed by atoms with van der Waals surface area (Å²) >= 11 is 1.52. The van der Waals surface area contributed by atoms with Crippen LogP contribution in [-0.4, -0.2) is 30.7 Å². The van der Waals surface area contributed by atoms with Gasteiger partial charge in [-0.05, 0) is 25.1 Å². The minimum absolute atomic E-state index is 0.118. The first-order valence-corrected chi connectivity index (χ1v) is 7.02. The molecule has 0 radical (unpaired) electrons. The van der Waals surface area contributed by atoms with Gasteiger partial charge < -0.3 is 9.47 Å². The lowest BCUT2D eigenvalue weighted by Crippen LogP contribution is -2.36. The number of Topliss-reactive ketones (excluding diaryl/α,β-unsaturated/α-hetero) is 1. The maximum Gasteiger partial charge on any atom is 0.318 e. The predicted molar refractivity (Wildman–Crippen MR) is 72.8 cm³/mol. The molecule has 0 saturated heterocycles. The Morgan fingerprint density at radius 2 is 2.16 bits per heavy atom. The number of ether oxygens (including phenoxy) is 2. The molecule has 0 bridgehead atoms. The van der Waals surface area contributed by atoms with Crippen LogP contribution in [0.2, 0.25) is 0 Å². The lowest BCUT2D eigenvalue weighted by atomic mass is 9.94. The molecule has 1 aromatic carbocycles. The molecule has 0 aliphatic carbocycles. The molecule has 1 aromatic rings. The first kappa shape index (κ1) is 13.9. The lowest BCUT2D eigenvalue weighted by Gasteiger charge is -2.27. The number of hydrogen-bond acceptors (Lipinski definition) is 5. The van der Waals surface area contributed by atoms with Gasteiger partial charge in [-0.1, -0.05) is 6.92 Å². The van der Waals surface area contributed by atoms with Crippen molar-refractivity contribution in [1.29, 1.82) is 0 Å². The van der Waals surface area contributed by atoms with Crippen LogP contribution in [0.3, 0.4) is 0 Å². The molecule has 0 N–H and O–H groups in total. The fraction of sp³-hybridized carbons (Fsp3) is 0.429. The average Bonchev–Trinajstić information content (AvgIpc) is 2.38. The summed E-state index contributed by atoms with van der Waals surface area (Å²) in [5, 5.41) is -0.118. The number of rotatable bonds is 3. The van der Waals surface area contributed by atoms with Crippen LogP contribution in [0, 0.1) is 5.92 Å². The lowest BCUT2D eigenvalue weighted by molar-refractivity contribution is -0.146. The van der Waals surface area contributed by atoms with E-state index >= 15 is 0 Å². The smallest absolute Gasteiger partial charge is 0.318 e. The van der Waals surface area contributed by atoms with Crippen molar-refractivity contribution >= 4 is 23.5 Å². The van der Waals surface area contributed by atoms with Gasteiger partial charge in [0.25, 0.3) is 0 Å². The zero-order valence-corrected chi connectivity index (χ0v) is 12.0. The number of hydrogen-bond donors (Lipinski definition) is 0. The van der Waals surface area contributed by atoms with E-state index in [0.29, 0.717) is 11.3 Å². The molecule has 1 aliphatic rings. The molecule has 0 spiro atoms. The summed E-state index contributed by atoms with van der Waals surface area (Å²) in [5.41, 5.74) is 0.542. The maximum absolute atomic E-state index is 12.4. The predicted octanol–water partition coefficient (Wildman–Crippen LogP) is 2.55. The van der Waals surface area contributed by atoms with Gasteiger partial charge in [0.2, 0.25) is 0 Å². The van der Waals surface area contributed by atoms with E-state index < -0.39 is 11.9 Å². The van der Waals surface area contributed by atoms with E-state index in [1.165, 1.54) is 11.8 Å². The summed E-state index contributed by atoms with van der Waals surface area (Å²) < 4.78 is 10.1. The molecule has 0 fully saturated rings. The molecule has 19 heavy (non-hydrogen) atoms. The fourth-order valence-corrected chi connectivity index (χ4v) is 3.32. The Hall–Kier alpha value is -1.49. The van der Waals surface area contributed by atoms with E-state index in [9.17, 15) is 9.59 Å². The third-order valence-electron chi connectivity index (χ3n) is 3.06. The summed E-state index contributed by atoms with van der Waals surface area (Å²) in [4.78, 5) is 25.2. The van der Waals surface area contributed by atoms with Crippen LogP contribution in [0.1, 0.15) is 24.2 Å². The standard InChI is InChI=1S/C14H16O4S/c1-4-18-14(16)12-8(2)19-11-6-5-9(17-3)7-10(11)13(12)15/h5-8,12H,4H2,1-3H3. The Bertz CT molecular complexity index is 512. The second-order valence-electron chi connectivity index (χ2n) is 4.28. The highest BCUT2D eigenvalue weighted by Gasteiger charge is 2.39. The van der Waals surface area contributed by atoms with Crippen molar-refractivity contribution in [2.75, 3.05) is 13.7 Å². The maximum atomic E-state index is 12.4. The molecular weight excluding hydrogens is 264 g/mol. The average molecular weight is 280 g/mol. The Morgan fingerprint density at radius 1 is 1.42 bits per heavy atom. The molecule has 1 aliphatic heterocycles. The first-order chi connectivity index (χ1) is 9.08. The van der Waals surface area contributed by atoms with Crippen LogP contribution in [0.15, 0.2) is 23.1 Å². The van der Waals surface area contributed by atoms with Gasteiger partial charge in [0.05, 0.1) is 13.7 Å². The summed E-state index contributed by atoms with van der Waals surface area (Å²) in [6, 6.07) is 5.36.